The fraction of sp³-hybridized carbons (Fsp3) is 0.333. The molecule has 7 heavy (non-hydrogen) atoms. The molecule has 1 heterocycles. The lowest BCUT2D eigenvalue weighted by Crippen LogP contribution is -2.03. The zero-order chi connectivity index (χ0) is 5.11. The van der Waals surface area contributed by atoms with E-state index in [9.17, 15) is 0 Å². The molecule has 0 amide bonds. The summed E-state index contributed by atoms with van der Waals surface area (Å²) in [5.41, 5.74) is 0. The van der Waals surface area contributed by atoms with Crippen LogP contribution in [0.4, 0.5) is 0 Å². The summed E-state index contributed by atoms with van der Waals surface area (Å²) in [6.07, 6.45) is 6.81. The minimum Gasteiger partial charge on any atom is -0.354 e. The first-order valence-corrected chi connectivity index (χ1v) is 2.41. The molecule has 1 rings (SSSR count). The summed E-state index contributed by atoms with van der Waals surface area (Å²) in [6.45, 7) is 6.24. The third-order valence-electron chi connectivity index (χ3n) is 1.04. The quantitative estimate of drug-likeness (QED) is 0.471. The summed E-state index contributed by atoms with van der Waals surface area (Å²) in [5, 5.41) is 0. The summed E-state index contributed by atoms with van der Waals surface area (Å²) < 4.78 is 0. The molecule has 1 nitrogen and oxygen atoms in total. The monoisotopic (exact) mass is 94.1 g/mol. The second kappa shape index (κ2) is 1.82. The van der Waals surface area contributed by atoms with Gasteiger partial charge in [0.15, 0.2) is 0 Å². The van der Waals surface area contributed by atoms with Crippen LogP contribution in [0, 0.1) is 6.58 Å². The molecule has 0 aliphatic carbocycles. The first-order valence-electron chi connectivity index (χ1n) is 2.41. The van der Waals surface area contributed by atoms with Gasteiger partial charge in [-0.1, -0.05) is 6.08 Å². The fourth-order valence-corrected chi connectivity index (χ4v) is 0.632. The molecule has 0 saturated carbocycles. The van der Waals surface area contributed by atoms with E-state index in [1.54, 1.807) is 6.20 Å². The Kier molecular flexibility index (Phi) is 1.16. The van der Waals surface area contributed by atoms with Gasteiger partial charge in [-0.15, -0.1) is 0 Å². The summed E-state index contributed by atoms with van der Waals surface area (Å²) in [5.74, 6) is 0. The Morgan fingerprint density at radius 2 is 2.57 bits per heavy atom. The van der Waals surface area contributed by atoms with E-state index >= 15 is 0 Å². The van der Waals surface area contributed by atoms with Crippen LogP contribution >= 0.6 is 0 Å². The Labute approximate surface area is 43.9 Å². The number of hydrogen-bond acceptors (Lipinski definition) is 1. The van der Waals surface area contributed by atoms with Gasteiger partial charge in [0.05, 0.1) is 0 Å². The molecule has 1 aliphatic heterocycles. The molecule has 0 unspecified atom stereocenters. The van der Waals surface area contributed by atoms with Gasteiger partial charge in [-0.25, -0.2) is 0 Å². The molecule has 1 heteroatoms. The summed E-state index contributed by atoms with van der Waals surface area (Å²) in [4.78, 5) is 1.96. The van der Waals surface area contributed by atoms with E-state index in [-0.39, 0.29) is 0 Å². The molecule has 0 spiro atoms. The van der Waals surface area contributed by atoms with Crippen molar-refractivity contribution in [2.24, 2.45) is 0 Å². The maximum absolute atomic E-state index is 5.18. The van der Waals surface area contributed by atoms with Gasteiger partial charge in [-0.2, -0.15) is 0 Å². The van der Waals surface area contributed by atoms with Crippen molar-refractivity contribution in [1.29, 1.82) is 0 Å². The van der Waals surface area contributed by atoms with Gasteiger partial charge in [0.25, 0.3) is 0 Å². The molecule has 0 N–H and O–H groups in total. The average molecular weight is 94.1 g/mol. The van der Waals surface area contributed by atoms with E-state index < -0.39 is 0 Å². The molecular weight excluding hydrogens is 86.1 g/mol. The number of nitrogens with zero attached hydrogens (tertiary/aromatic N) is 1. The standard InChI is InChI=1S/C6H8N/c1-2-7-5-3-4-6-7/h1-3,5H,4,6H2. The SMILES string of the molecule is [CH]=CN1C=CCC1. The lowest BCUT2D eigenvalue weighted by Gasteiger charge is -2.04. The van der Waals surface area contributed by atoms with Crippen molar-refractivity contribution in [1.82, 2.24) is 4.90 Å². The fourth-order valence-electron chi connectivity index (χ4n) is 0.632. The molecule has 0 aromatic heterocycles. The van der Waals surface area contributed by atoms with Gasteiger partial charge in [0.1, 0.15) is 0 Å². The van der Waals surface area contributed by atoms with Crippen molar-refractivity contribution >= 4 is 0 Å². The zero-order valence-electron chi connectivity index (χ0n) is 4.17. The van der Waals surface area contributed by atoms with E-state index in [4.69, 9.17) is 6.58 Å². The van der Waals surface area contributed by atoms with E-state index in [1.807, 2.05) is 11.1 Å². The predicted molar refractivity (Wildman–Crippen MR) is 29.3 cm³/mol. The highest BCUT2D eigenvalue weighted by molar-refractivity contribution is 4.94. The first kappa shape index (κ1) is 4.44. The third kappa shape index (κ3) is 0.829. The van der Waals surface area contributed by atoms with Gasteiger partial charge >= 0.3 is 0 Å². The van der Waals surface area contributed by atoms with Crippen molar-refractivity contribution in [3.8, 4) is 0 Å². The second-order valence-electron chi connectivity index (χ2n) is 1.56. The molecule has 1 radical (unpaired) electrons. The van der Waals surface area contributed by atoms with Crippen molar-refractivity contribution in [3.63, 3.8) is 0 Å². The van der Waals surface area contributed by atoms with Crippen LogP contribution in [0.15, 0.2) is 18.5 Å². The maximum atomic E-state index is 5.18. The van der Waals surface area contributed by atoms with E-state index in [0.717, 1.165) is 13.0 Å². The van der Waals surface area contributed by atoms with Crippen LogP contribution in [0.3, 0.4) is 0 Å². The highest BCUT2D eigenvalue weighted by atomic mass is 15.1. The van der Waals surface area contributed by atoms with Crippen LogP contribution in [0.2, 0.25) is 0 Å². The Morgan fingerprint density at radius 1 is 1.71 bits per heavy atom. The summed E-state index contributed by atoms with van der Waals surface area (Å²) in [6, 6.07) is 0. The smallest absolute Gasteiger partial charge is 0.0254 e. The zero-order valence-corrected chi connectivity index (χ0v) is 4.17. The number of rotatable bonds is 1. The largest absolute Gasteiger partial charge is 0.354 e. The molecular formula is C6H8N. The minimum absolute atomic E-state index is 1.05. The van der Waals surface area contributed by atoms with Crippen molar-refractivity contribution in [3.05, 3.63) is 25.1 Å². The third-order valence-corrected chi connectivity index (χ3v) is 1.04. The van der Waals surface area contributed by atoms with E-state index in [0.29, 0.717) is 0 Å². The van der Waals surface area contributed by atoms with Crippen LogP contribution in [0.5, 0.6) is 0 Å². The van der Waals surface area contributed by atoms with Crippen LogP contribution in [0.1, 0.15) is 6.42 Å². The first-order chi connectivity index (χ1) is 3.43. The molecule has 0 saturated heterocycles. The highest BCUT2D eigenvalue weighted by Crippen LogP contribution is 2.01. The summed E-state index contributed by atoms with van der Waals surface area (Å²) >= 11 is 0. The van der Waals surface area contributed by atoms with Gasteiger partial charge < -0.3 is 4.90 Å². The van der Waals surface area contributed by atoms with Gasteiger partial charge in [-0.05, 0) is 19.2 Å². The number of hydrogen-bond donors (Lipinski definition) is 0. The van der Waals surface area contributed by atoms with Gasteiger partial charge in [-0.3, -0.25) is 0 Å². The molecule has 37 valence electrons. The predicted octanol–water partition coefficient (Wildman–Crippen LogP) is 1.15. The van der Waals surface area contributed by atoms with Crippen LogP contribution < -0.4 is 0 Å². The maximum Gasteiger partial charge on any atom is 0.0254 e. The van der Waals surface area contributed by atoms with Gasteiger partial charge in [0.2, 0.25) is 0 Å². The van der Waals surface area contributed by atoms with Crippen LogP contribution in [-0.4, -0.2) is 11.4 Å². The van der Waals surface area contributed by atoms with Crippen molar-refractivity contribution < 1.29 is 0 Å². The van der Waals surface area contributed by atoms with E-state index in [1.165, 1.54) is 0 Å². The summed E-state index contributed by atoms with van der Waals surface area (Å²) in [7, 11) is 0. The van der Waals surface area contributed by atoms with Crippen LogP contribution in [-0.2, 0) is 0 Å². The minimum atomic E-state index is 1.05. The molecule has 1 aliphatic rings. The molecule has 0 aromatic rings. The highest BCUT2D eigenvalue weighted by Gasteiger charge is 1.95. The van der Waals surface area contributed by atoms with Crippen molar-refractivity contribution in [2.45, 2.75) is 6.42 Å². The Morgan fingerprint density at radius 3 is 2.86 bits per heavy atom. The molecule has 0 aromatic carbocycles. The Bertz CT molecular complexity index is 94.4. The van der Waals surface area contributed by atoms with E-state index in [2.05, 4.69) is 6.08 Å². The second-order valence-corrected chi connectivity index (χ2v) is 1.56. The topological polar surface area (TPSA) is 3.24 Å². The lowest BCUT2D eigenvalue weighted by atomic mass is 10.5. The normalized spacial score (nSPS) is 18.0. The lowest BCUT2D eigenvalue weighted by molar-refractivity contribution is 0.550. The molecule has 0 atom stereocenters. The van der Waals surface area contributed by atoms with Crippen LogP contribution in [0.25, 0.3) is 0 Å². The Balaban J connectivity index is 2.42. The Hall–Kier alpha value is -0.720. The van der Waals surface area contributed by atoms with Crippen molar-refractivity contribution in [2.75, 3.05) is 6.54 Å². The molecule has 0 fully saturated rings. The average Bonchev–Trinajstić information content (AvgIpc) is 2.14. The van der Waals surface area contributed by atoms with Gasteiger partial charge in [0, 0.05) is 12.7 Å². The molecule has 0 bridgehead atoms.